The molecule has 0 amide bonds. The molecule has 0 heterocycles. The molecule has 6 nitrogen and oxygen atoms in total. The van der Waals surface area contributed by atoms with Gasteiger partial charge in [0.2, 0.25) is 5.75 Å². The van der Waals surface area contributed by atoms with E-state index in [0.717, 1.165) is 0 Å². The lowest BCUT2D eigenvalue weighted by molar-refractivity contribution is -0.386. The second kappa shape index (κ2) is 5.85. The Morgan fingerprint density at radius 2 is 2.11 bits per heavy atom. The standard InChI is InChI=1S/C12H16BrNO5/c1-7(15)9-4-8(13)5-10(14(17)18)11(9)19-6-12(2,3)16/h4-5,7,15-16H,6H2,1-3H3/t7-/m0/s1. The first-order chi connectivity index (χ1) is 8.61. The fourth-order valence-electron chi connectivity index (χ4n) is 1.45. The molecule has 0 fully saturated rings. The quantitative estimate of drug-likeness (QED) is 0.638. The fourth-order valence-corrected chi connectivity index (χ4v) is 1.92. The third-order valence-corrected chi connectivity index (χ3v) is 2.74. The molecule has 106 valence electrons. The maximum absolute atomic E-state index is 11.0. The van der Waals surface area contributed by atoms with Crippen LogP contribution >= 0.6 is 15.9 Å². The summed E-state index contributed by atoms with van der Waals surface area (Å²) in [5, 5.41) is 30.3. The number of nitrogens with zero attached hydrogens (tertiary/aromatic N) is 1. The number of benzene rings is 1. The number of ether oxygens (including phenoxy) is 1. The first kappa shape index (κ1) is 15.9. The fraction of sp³-hybridized carbons (Fsp3) is 0.500. The van der Waals surface area contributed by atoms with Crippen LogP contribution in [0, 0.1) is 10.1 Å². The van der Waals surface area contributed by atoms with Gasteiger partial charge < -0.3 is 14.9 Å². The topological polar surface area (TPSA) is 92.8 Å². The molecule has 1 aromatic carbocycles. The van der Waals surface area contributed by atoms with Crippen molar-refractivity contribution in [1.82, 2.24) is 0 Å². The average Bonchev–Trinajstić information content (AvgIpc) is 2.24. The van der Waals surface area contributed by atoms with Crippen molar-refractivity contribution in [1.29, 1.82) is 0 Å². The summed E-state index contributed by atoms with van der Waals surface area (Å²) in [4.78, 5) is 10.4. The van der Waals surface area contributed by atoms with E-state index in [9.17, 15) is 20.3 Å². The van der Waals surface area contributed by atoms with Crippen molar-refractivity contribution in [3.63, 3.8) is 0 Å². The molecule has 0 aliphatic carbocycles. The predicted octanol–water partition coefficient (Wildman–Crippen LogP) is 2.56. The zero-order valence-electron chi connectivity index (χ0n) is 10.9. The third kappa shape index (κ3) is 4.45. The molecule has 0 saturated carbocycles. The summed E-state index contributed by atoms with van der Waals surface area (Å²) in [5.41, 5.74) is -1.09. The van der Waals surface area contributed by atoms with E-state index in [-0.39, 0.29) is 18.0 Å². The van der Waals surface area contributed by atoms with Crippen molar-refractivity contribution in [2.45, 2.75) is 32.5 Å². The van der Waals surface area contributed by atoms with Gasteiger partial charge in [0.15, 0.2) is 0 Å². The maximum atomic E-state index is 11.0. The van der Waals surface area contributed by atoms with Gasteiger partial charge in [0.05, 0.1) is 16.6 Å². The molecule has 1 aromatic rings. The van der Waals surface area contributed by atoms with Crippen LogP contribution in [0.1, 0.15) is 32.4 Å². The Bertz CT molecular complexity index is 482. The van der Waals surface area contributed by atoms with Crippen molar-refractivity contribution in [3.05, 3.63) is 32.3 Å². The second-order valence-electron chi connectivity index (χ2n) is 4.88. The molecule has 0 aliphatic rings. The second-order valence-corrected chi connectivity index (χ2v) is 5.79. The van der Waals surface area contributed by atoms with Crippen molar-refractivity contribution in [2.24, 2.45) is 0 Å². The zero-order chi connectivity index (χ0) is 14.8. The number of nitro groups is 1. The highest BCUT2D eigenvalue weighted by atomic mass is 79.9. The lowest BCUT2D eigenvalue weighted by atomic mass is 10.1. The summed E-state index contributed by atoms with van der Waals surface area (Å²) in [6.45, 7) is 4.43. The van der Waals surface area contributed by atoms with E-state index in [1.165, 1.54) is 26.8 Å². The van der Waals surface area contributed by atoms with Crippen LogP contribution in [0.15, 0.2) is 16.6 Å². The lowest BCUT2D eigenvalue weighted by Crippen LogP contribution is -2.28. The summed E-state index contributed by atoms with van der Waals surface area (Å²) >= 11 is 3.15. The Morgan fingerprint density at radius 3 is 2.53 bits per heavy atom. The Balaban J connectivity index is 3.27. The Kier molecular flexibility index (Phi) is 4.89. The van der Waals surface area contributed by atoms with E-state index in [0.29, 0.717) is 10.0 Å². The van der Waals surface area contributed by atoms with E-state index in [4.69, 9.17) is 4.74 Å². The van der Waals surface area contributed by atoms with Crippen molar-refractivity contribution < 1.29 is 19.9 Å². The first-order valence-electron chi connectivity index (χ1n) is 5.63. The van der Waals surface area contributed by atoms with Crippen LogP contribution in [0.2, 0.25) is 0 Å². The number of aliphatic hydroxyl groups excluding tert-OH is 1. The minimum absolute atomic E-state index is 0.0228. The molecular formula is C12H16BrNO5. The molecular weight excluding hydrogens is 318 g/mol. The van der Waals surface area contributed by atoms with Crippen LogP contribution in [0.5, 0.6) is 5.75 Å². The summed E-state index contributed by atoms with van der Waals surface area (Å²) in [6, 6.07) is 2.85. The Labute approximate surface area is 119 Å². The van der Waals surface area contributed by atoms with Crippen molar-refractivity contribution in [3.8, 4) is 5.75 Å². The molecule has 19 heavy (non-hydrogen) atoms. The van der Waals surface area contributed by atoms with Crippen LogP contribution in [0.3, 0.4) is 0 Å². The van der Waals surface area contributed by atoms with E-state index in [2.05, 4.69) is 15.9 Å². The number of hydrogen-bond donors (Lipinski definition) is 2. The maximum Gasteiger partial charge on any atom is 0.312 e. The van der Waals surface area contributed by atoms with Crippen LogP contribution in [0.4, 0.5) is 5.69 Å². The van der Waals surface area contributed by atoms with Crippen molar-refractivity contribution >= 4 is 21.6 Å². The van der Waals surface area contributed by atoms with E-state index >= 15 is 0 Å². The van der Waals surface area contributed by atoms with Gasteiger partial charge in [-0.15, -0.1) is 0 Å². The Morgan fingerprint density at radius 1 is 1.53 bits per heavy atom. The molecule has 1 atom stereocenters. The highest BCUT2D eigenvalue weighted by molar-refractivity contribution is 9.10. The molecule has 0 aliphatic heterocycles. The van der Waals surface area contributed by atoms with Gasteiger partial charge in [-0.3, -0.25) is 10.1 Å². The van der Waals surface area contributed by atoms with Gasteiger partial charge >= 0.3 is 5.69 Å². The summed E-state index contributed by atoms with van der Waals surface area (Å²) in [6.07, 6.45) is -0.923. The van der Waals surface area contributed by atoms with Crippen LogP contribution in [-0.4, -0.2) is 27.3 Å². The van der Waals surface area contributed by atoms with E-state index in [1.54, 1.807) is 6.07 Å². The largest absolute Gasteiger partial charge is 0.484 e. The molecule has 0 aromatic heterocycles. The predicted molar refractivity (Wildman–Crippen MR) is 73.2 cm³/mol. The molecule has 0 bridgehead atoms. The SMILES string of the molecule is C[C@H](O)c1cc(Br)cc([N+](=O)[O-])c1OCC(C)(C)O. The number of nitro benzene ring substituents is 1. The minimum Gasteiger partial charge on any atom is -0.484 e. The van der Waals surface area contributed by atoms with Gasteiger partial charge in [0.25, 0.3) is 0 Å². The molecule has 7 heteroatoms. The van der Waals surface area contributed by atoms with Gasteiger partial charge in [-0.2, -0.15) is 0 Å². The summed E-state index contributed by atoms with van der Waals surface area (Å²) in [7, 11) is 0. The molecule has 0 unspecified atom stereocenters. The zero-order valence-corrected chi connectivity index (χ0v) is 12.5. The minimum atomic E-state index is -1.13. The summed E-state index contributed by atoms with van der Waals surface area (Å²) in [5.74, 6) is -0.0228. The highest BCUT2D eigenvalue weighted by Gasteiger charge is 2.25. The molecule has 0 spiro atoms. The van der Waals surface area contributed by atoms with Gasteiger partial charge in [0.1, 0.15) is 6.61 Å². The van der Waals surface area contributed by atoms with Crippen LogP contribution < -0.4 is 4.74 Å². The normalized spacial score (nSPS) is 13.2. The molecule has 0 saturated heterocycles. The van der Waals surface area contributed by atoms with E-state index < -0.39 is 16.6 Å². The first-order valence-corrected chi connectivity index (χ1v) is 6.42. The monoisotopic (exact) mass is 333 g/mol. The van der Waals surface area contributed by atoms with Crippen LogP contribution in [-0.2, 0) is 0 Å². The summed E-state index contributed by atoms with van der Waals surface area (Å²) < 4.78 is 5.82. The molecule has 1 rings (SSSR count). The van der Waals surface area contributed by atoms with Gasteiger partial charge in [-0.05, 0) is 26.8 Å². The van der Waals surface area contributed by atoms with Gasteiger partial charge in [0, 0.05) is 16.1 Å². The highest BCUT2D eigenvalue weighted by Crippen LogP contribution is 2.38. The molecule has 0 radical (unpaired) electrons. The third-order valence-electron chi connectivity index (χ3n) is 2.28. The van der Waals surface area contributed by atoms with Gasteiger partial charge in [-0.25, -0.2) is 0 Å². The van der Waals surface area contributed by atoms with Gasteiger partial charge in [-0.1, -0.05) is 15.9 Å². The number of aliphatic hydroxyl groups is 2. The molecule has 2 N–H and O–H groups in total. The smallest absolute Gasteiger partial charge is 0.312 e. The number of halogens is 1. The number of rotatable bonds is 5. The Hall–Kier alpha value is -1.18. The van der Waals surface area contributed by atoms with Crippen LogP contribution in [0.25, 0.3) is 0 Å². The number of hydrogen-bond acceptors (Lipinski definition) is 5. The lowest BCUT2D eigenvalue weighted by Gasteiger charge is -2.20. The van der Waals surface area contributed by atoms with Crippen molar-refractivity contribution in [2.75, 3.05) is 6.61 Å². The average molecular weight is 334 g/mol. The van der Waals surface area contributed by atoms with E-state index in [1.807, 2.05) is 0 Å².